The number of carbonyl (C=O) groups is 1. The van der Waals surface area contributed by atoms with Crippen LogP contribution in [0, 0.1) is 13.8 Å². The minimum Gasteiger partial charge on any atom is -0.392 e. The van der Waals surface area contributed by atoms with Crippen LogP contribution in [0.1, 0.15) is 18.1 Å². The molecule has 0 saturated carbocycles. The Bertz CT molecular complexity index is 416. The molecule has 0 spiro atoms. The first-order valence-corrected chi connectivity index (χ1v) is 6.13. The van der Waals surface area contributed by atoms with Crippen LogP contribution in [0.5, 0.6) is 0 Å². The summed E-state index contributed by atoms with van der Waals surface area (Å²) in [6.45, 7) is 6.48. The third kappa shape index (κ3) is 4.47. The fraction of sp³-hybridized carbons (Fsp3) is 0.500. The van der Waals surface area contributed by atoms with Crippen LogP contribution < -0.4 is 5.32 Å². The maximum absolute atomic E-state index is 11.8. The van der Waals surface area contributed by atoms with Crippen LogP contribution in [-0.4, -0.2) is 42.2 Å². The number of carbonyl (C=O) groups excluding carboxylic acids is 1. The highest BCUT2D eigenvalue weighted by Crippen LogP contribution is 2.17. The molecule has 4 nitrogen and oxygen atoms in total. The molecule has 1 unspecified atom stereocenters. The van der Waals surface area contributed by atoms with Crippen molar-refractivity contribution < 1.29 is 9.90 Å². The van der Waals surface area contributed by atoms with Gasteiger partial charge in [-0.3, -0.25) is 9.69 Å². The van der Waals surface area contributed by atoms with E-state index in [1.165, 1.54) is 0 Å². The number of nitrogens with zero attached hydrogens (tertiary/aromatic N) is 1. The van der Waals surface area contributed by atoms with Gasteiger partial charge in [0.05, 0.1) is 12.6 Å². The van der Waals surface area contributed by atoms with Crippen LogP contribution in [0.25, 0.3) is 0 Å². The zero-order valence-corrected chi connectivity index (χ0v) is 11.5. The van der Waals surface area contributed by atoms with Gasteiger partial charge in [-0.05, 0) is 45.0 Å². The lowest BCUT2D eigenvalue weighted by Gasteiger charge is -2.18. The van der Waals surface area contributed by atoms with Crippen molar-refractivity contribution in [3.05, 3.63) is 29.3 Å². The van der Waals surface area contributed by atoms with Crippen LogP contribution in [0.4, 0.5) is 5.69 Å². The van der Waals surface area contributed by atoms with E-state index in [-0.39, 0.29) is 12.5 Å². The third-order valence-electron chi connectivity index (χ3n) is 2.87. The third-order valence-corrected chi connectivity index (χ3v) is 2.87. The summed E-state index contributed by atoms with van der Waals surface area (Å²) in [4.78, 5) is 13.6. The Hall–Kier alpha value is -1.39. The quantitative estimate of drug-likeness (QED) is 0.833. The molecule has 1 amide bonds. The van der Waals surface area contributed by atoms with E-state index in [1.54, 1.807) is 11.8 Å². The normalized spacial score (nSPS) is 12.6. The number of likely N-dealkylation sites (N-methyl/N-ethyl adjacent to an activating group) is 1. The number of aryl methyl sites for hydroxylation is 1. The fourth-order valence-electron chi connectivity index (χ4n) is 1.84. The molecule has 18 heavy (non-hydrogen) atoms. The molecule has 0 aliphatic heterocycles. The van der Waals surface area contributed by atoms with Crippen LogP contribution in [0.2, 0.25) is 0 Å². The van der Waals surface area contributed by atoms with Crippen molar-refractivity contribution in [3.63, 3.8) is 0 Å². The largest absolute Gasteiger partial charge is 0.392 e. The molecular weight excluding hydrogens is 228 g/mol. The first kappa shape index (κ1) is 14.7. The lowest BCUT2D eigenvalue weighted by molar-refractivity contribution is -0.117. The number of hydrogen-bond donors (Lipinski definition) is 2. The summed E-state index contributed by atoms with van der Waals surface area (Å²) >= 11 is 0. The van der Waals surface area contributed by atoms with Crippen LogP contribution in [0.15, 0.2) is 18.2 Å². The molecule has 2 N–H and O–H groups in total. The zero-order valence-electron chi connectivity index (χ0n) is 11.5. The highest BCUT2D eigenvalue weighted by molar-refractivity contribution is 5.93. The van der Waals surface area contributed by atoms with Gasteiger partial charge in [-0.2, -0.15) is 0 Å². The Morgan fingerprint density at radius 2 is 2.11 bits per heavy atom. The number of hydrogen-bond acceptors (Lipinski definition) is 3. The van der Waals surface area contributed by atoms with Gasteiger partial charge in [0.15, 0.2) is 0 Å². The second-order valence-electron chi connectivity index (χ2n) is 4.84. The second-order valence-corrected chi connectivity index (χ2v) is 4.84. The molecule has 100 valence electrons. The molecule has 0 heterocycles. The highest BCUT2D eigenvalue weighted by Gasteiger charge is 2.10. The number of benzene rings is 1. The Morgan fingerprint density at radius 1 is 1.44 bits per heavy atom. The minimum atomic E-state index is -0.427. The molecule has 1 rings (SSSR count). The summed E-state index contributed by atoms with van der Waals surface area (Å²) in [5.41, 5.74) is 3.10. The molecule has 1 atom stereocenters. The summed E-state index contributed by atoms with van der Waals surface area (Å²) < 4.78 is 0. The predicted octanol–water partition coefficient (Wildman–Crippen LogP) is 1.55. The van der Waals surface area contributed by atoms with Gasteiger partial charge < -0.3 is 10.4 Å². The van der Waals surface area contributed by atoms with Gasteiger partial charge in [0.25, 0.3) is 0 Å². The van der Waals surface area contributed by atoms with E-state index in [0.29, 0.717) is 6.54 Å². The number of anilines is 1. The molecule has 0 aliphatic rings. The summed E-state index contributed by atoms with van der Waals surface area (Å²) in [6, 6.07) is 5.84. The molecule has 0 saturated heterocycles. The molecule has 0 aromatic heterocycles. The molecule has 0 bridgehead atoms. The average molecular weight is 250 g/mol. The van der Waals surface area contributed by atoms with Crippen molar-refractivity contribution in [1.29, 1.82) is 0 Å². The Labute approximate surface area is 109 Å². The second kappa shape index (κ2) is 6.52. The fourth-order valence-corrected chi connectivity index (χ4v) is 1.84. The maximum atomic E-state index is 11.8. The van der Waals surface area contributed by atoms with E-state index in [9.17, 15) is 9.90 Å². The average Bonchev–Trinajstić information content (AvgIpc) is 2.23. The number of rotatable bonds is 5. The van der Waals surface area contributed by atoms with Crippen molar-refractivity contribution in [3.8, 4) is 0 Å². The van der Waals surface area contributed by atoms with Gasteiger partial charge in [0, 0.05) is 12.2 Å². The highest BCUT2D eigenvalue weighted by atomic mass is 16.3. The standard InChI is InChI=1S/C14H22N2O2/c1-10-6-5-7-13(12(10)3)15-14(18)9-16(4)8-11(2)17/h5-7,11,17H,8-9H2,1-4H3,(H,15,18). The van der Waals surface area contributed by atoms with Crippen LogP contribution >= 0.6 is 0 Å². The zero-order chi connectivity index (χ0) is 13.7. The van der Waals surface area contributed by atoms with Crippen LogP contribution in [0.3, 0.4) is 0 Å². The Kier molecular flexibility index (Phi) is 5.31. The first-order valence-electron chi connectivity index (χ1n) is 6.13. The van der Waals surface area contributed by atoms with Gasteiger partial charge >= 0.3 is 0 Å². The SMILES string of the molecule is Cc1cccc(NC(=O)CN(C)CC(C)O)c1C. The lowest BCUT2D eigenvalue weighted by atomic mass is 10.1. The van der Waals surface area contributed by atoms with Crippen LogP contribution in [-0.2, 0) is 4.79 Å². The molecule has 1 aromatic rings. The summed E-state index contributed by atoms with van der Waals surface area (Å²) in [6.07, 6.45) is -0.427. The van der Waals surface area contributed by atoms with Gasteiger partial charge in [0.1, 0.15) is 0 Å². The summed E-state index contributed by atoms with van der Waals surface area (Å²) in [7, 11) is 1.81. The van der Waals surface area contributed by atoms with Gasteiger partial charge in [-0.1, -0.05) is 12.1 Å². The van der Waals surface area contributed by atoms with Crippen molar-refractivity contribution in [2.45, 2.75) is 26.9 Å². The summed E-state index contributed by atoms with van der Waals surface area (Å²) in [5, 5.41) is 12.1. The van der Waals surface area contributed by atoms with Gasteiger partial charge in [-0.25, -0.2) is 0 Å². The van der Waals surface area contributed by atoms with Crippen molar-refractivity contribution in [2.75, 3.05) is 25.5 Å². The predicted molar refractivity (Wildman–Crippen MR) is 73.7 cm³/mol. The van der Waals surface area contributed by atoms with E-state index in [1.807, 2.05) is 39.1 Å². The smallest absolute Gasteiger partial charge is 0.238 e. The first-order chi connectivity index (χ1) is 8.40. The molecule has 1 aromatic carbocycles. The van der Waals surface area contributed by atoms with E-state index < -0.39 is 6.10 Å². The minimum absolute atomic E-state index is 0.0631. The lowest BCUT2D eigenvalue weighted by Crippen LogP contribution is -2.34. The monoisotopic (exact) mass is 250 g/mol. The van der Waals surface area contributed by atoms with E-state index in [0.717, 1.165) is 16.8 Å². The van der Waals surface area contributed by atoms with Gasteiger partial charge in [-0.15, -0.1) is 0 Å². The summed E-state index contributed by atoms with van der Waals surface area (Å²) in [5.74, 6) is -0.0631. The number of nitrogens with one attached hydrogen (secondary N) is 1. The Balaban J connectivity index is 2.57. The number of aliphatic hydroxyl groups is 1. The molecule has 0 aliphatic carbocycles. The molecule has 0 radical (unpaired) electrons. The molecular formula is C14H22N2O2. The van der Waals surface area contributed by atoms with Crippen molar-refractivity contribution >= 4 is 11.6 Å². The maximum Gasteiger partial charge on any atom is 0.238 e. The van der Waals surface area contributed by atoms with E-state index in [2.05, 4.69) is 5.32 Å². The van der Waals surface area contributed by atoms with E-state index in [4.69, 9.17) is 0 Å². The van der Waals surface area contributed by atoms with Gasteiger partial charge in [0.2, 0.25) is 5.91 Å². The Morgan fingerprint density at radius 3 is 2.72 bits per heavy atom. The van der Waals surface area contributed by atoms with E-state index >= 15 is 0 Å². The topological polar surface area (TPSA) is 52.6 Å². The number of amides is 1. The number of aliphatic hydroxyl groups excluding tert-OH is 1. The van der Waals surface area contributed by atoms with Crippen molar-refractivity contribution in [2.24, 2.45) is 0 Å². The van der Waals surface area contributed by atoms with Crippen molar-refractivity contribution in [1.82, 2.24) is 4.90 Å². The molecule has 0 fully saturated rings. The molecule has 4 heteroatoms.